The van der Waals surface area contributed by atoms with E-state index in [0.29, 0.717) is 32.7 Å². The first-order valence-electron chi connectivity index (χ1n) is 8.39. The Morgan fingerprint density at radius 2 is 2.08 bits per heavy atom. The Labute approximate surface area is 142 Å². The van der Waals surface area contributed by atoms with E-state index in [1.165, 1.54) is 0 Å². The number of hydrogen-bond acceptors (Lipinski definition) is 3. The summed E-state index contributed by atoms with van der Waals surface area (Å²) < 4.78 is 5.55. The SMILES string of the molecule is CNC(=O)[C@]12CCOC[C@H]1CN(C(=O)/C=C(\C)c1ccccc1)C2. The van der Waals surface area contributed by atoms with Gasteiger partial charge in [-0.3, -0.25) is 9.59 Å². The molecule has 2 atom stereocenters. The average molecular weight is 328 g/mol. The van der Waals surface area contributed by atoms with E-state index in [1.807, 2.05) is 37.3 Å². The lowest BCUT2D eigenvalue weighted by atomic mass is 9.73. The van der Waals surface area contributed by atoms with Crippen LogP contribution in [0.4, 0.5) is 0 Å². The number of carbonyl (C=O) groups is 2. The van der Waals surface area contributed by atoms with Crippen molar-refractivity contribution >= 4 is 17.4 Å². The van der Waals surface area contributed by atoms with E-state index in [4.69, 9.17) is 4.74 Å². The molecular weight excluding hydrogens is 304 g/mol. The molecule has 2 amide bonds. The maximum atomic E-state index is 12.7. The predicted octanol–water partition coefficient (Wildman–Crippen LogP) is 1.70. The molecule has 24 heavy (non-hydrogen) atoms. The second-order valence-corrected chi connectivity index (χ2v) is 6.67. The Morgan fingerprint density at radius 3 is 2.79 bits per heavy atom. The second kappa shape index (κ2) is 6.77. The number of allylic oxidation sites excluding steroid dienone is 1. The van der Waals surface area contributed by atoms with Gasteiger partial charge in [-0.1, -0.05) is 30.3 Å². The highest BCUT2D eigenvalue weighted by atomic mass is 16.5. The third-order valence-corrected chi connectivity index (χ3v) is 5.27. The molecule has 0 aromatic heterocycles. The molecule has 0 saturated carbocycles. The highest BCUT2D eigenvalue weighted by Gasteiger charge is 2.53. The minimum atomic E-state index is -0.503. The molecule has 1 aromatic carbocycles. The van der Waals surface area contributed by atoms with Crippen LogP contribution in [0.3, 0.4) is 0 Å². The molecule has 2 aliphatic heterocycles. The number of benzene rings is 1. The first-order valence-corrected chi connectivity index (χ1v) is 8.39. The highest BCUT2D eigenvalue weighted by Crippen LogP contribution is 2.42. The summed E-state index contributed by atoms with van der Waals surface area (Å²) in [5, 5.41) is 2.78. The van der Waals surface area contributed by atoms with Gasteiger partial charge in [-0.05, 0) is 24.5 Å². The number of carbonyl (C=O) groups excluding carboxylic acids is 2. The van der Waals surface area contributed by atoms with Gasteiger partial charge in [0.2, 0.25) is 11.8 Å². The van der Waals surface area contributed by atoms with E-state index in [-0.39, 0.29) is 17.7 Å². The van der Waals surface area contributed by atoms with Crippen LogP contribution in [-0.2, 0) is 14.3 Å². The van der Waals surface area contributed by atoms with Gasteiger partial charge in [0, 0.05) is 38.7 Å². The van der Waals surface area contributed by atoms with E-state index < -0.39 is 5.41 Å². The van der Waals surface area contributed by atoms with Gasteiger partial charge < -0.3 is 15.0 Å². The first kappa shape index (κ1) is 16.7. The lowest BCUT2D eigenvalue weighted by molar-refractivity contribution is -0.138. The van der Waals surface area contributed by atoms with Gasteiger partial charge in [0.15, 0.2) is 0 Å². The maximum absolute atomic E-state index is 12.7. The molecule has 128 valence electrons. The number of nitrogens with one attached hydrogen (secondary N) is 1. The van der Waals surface area contributed by atoms with Gasteiger partial charge in [0.25, 0.3) is 0 Å². The van der Waals surface area contributed by atoms with Crippen LogP contribution in [0.1, 0.15) is 18.9 Å². The number of nitrogens with zero attached hydrogens (tertiary/aromatic N) is 1. The van der Waals surface area contributed by atoms with Gasteiger partial charge in [0.1, 0.15) is 0 Å². The number of amides is 2. The fourth-order valence-corrected chi connectivity index (χ4v) is 3.80. The van der Waals surface area contributed by atoms with Crippen molar-refractivity contribution in [1.29, 1.82) is 0 Å². The van der Waals surface area contributed by atoms with Crippen LogP contribution >= 0.6 is 0 Å². The second-order valence-electron chi connectivity index (χ2n) is 6.67. The largest absolute Gasteiger partial charge is 0.381 e. The molecule has 5 nitrogen and oxygen atoms in total. The average Bonchev–Trinajstić information content (AvgIpc) is 3.02. The molecule has 0 aliphatic carbocycles. The zero-order valence-electron chi connectivity index (χ0n) is 14.2. The molecule has 0 bridgehead atoms. The van der Waals surface area contributed by atoms with Crippen LogP contribution in [0.5, 0.6) is 0 Å². The van der Waals surface area contributed by atoms with E-state index in [0.717, 1.165) is 11.1 Å². The summed E-state index contributed by atoms with van der Waals surface area (Å²) in [5.74, 6) is 0.0597. The molecule has 5 heteroatoms. The Bertz CT molecular complexity index is 656. The number of fused-ring (bicyclic) bond motifs is 1. The number of likely N-dealkylation sites (tertiary alicyclic amines) is 1. The maximum Gasteiger partial charge on any atom is 0.246 e. The normalized spacial score (nSPS) is 26.8. The molecule has 0 radical (unpaired) electrons. The molecule has 2 heterocycles. The minimum Gasteiger partial charge on any atom is -0.381 e. The van der Waals surface area contributed by atoms with Crippen LogP contribution in [-0.4, -0.2) is 50.1 Å². The Hall–Kier alpha value is -2.14. The molecular formula is C19H24N2O3. The smallest absolute Gasteiger partial charge is 0.246 e. The van der Waals surface area contributed by atoms with Crippen LogP contribution in [0.2, 0.25) is 0 Å². The van der Waals surface area contributed by atoms with Crippen molar-refractivity contribution < 1.29 is 14.3 Å². The fraction of sp³-hybridized carbons (Fsp3) is 0.474. The summed E-state index contributed by atoms with van der Waals surface area (Å²) >= 11 is 0. The van der Waals surface area contributed by atoms with E-state index >= 15 is 0 Å². The zero-order chi connectivity index (χ0) is 17.2. The van der Waals surface area contributed by atoms with E-state index in [1.54, 1.807) is 18.0 Å². The predicted molar refractivity (Wildman–Crippen MR) is 92.1 cm³/mol. The van der Waals surface area contributed by atoms with Gasteiger partial charge >= 0.3 is 0 Å². The van der Waals surface area contributed by atoms with E-state index in [9.17, 15) is 9.59 Å². The van der Waals surface area contributed by atoms with Crippen molar-refractivity contribution in [2.24, 2.45) is 11.3 Å². The third kappa shape index (κ3) is 2.96. The third-order valence-electron chi connectivity index (χ3n) is 5.27. The topological polar surface area (TPSA) is 58.6 Å². The Kier molecular flexibility index (Phi) is 4.71. The van der Waals surface area contributed by atoms with Crippen molar-refractivity contribution in [2.45, 2.75) is 13.3 Å². The van der Waals surface area contributed by atoms with Crippen molar-refractivity contribution in [3.05, 3.63) is 42.0 Å². The molecule has 1 aromatic rings. The van der Waals surface area contributed by atoms with Gasteiger partial charge in [0.05, 0.1) is 12.0 Å². The van der Waals surface area contributed by atoms with Crippen LogP contribution < -0.4 is 5.32 Å². The highest BCUT2D eigenvalue weighted by molar-refractivity contribution is 5.96. The molecule has 3 rings (SSSR count). The monoisotopic (exact) mass is 328 g/mol. The van der Waals surface area contributed by atoms with Gasteiger partial charge in [-0.15, -0.1) is 0 Å². The quantitative estimate of drug-likeness (QED) is 0.859. The number of ether oxygens (including phenoxy) is 1. The molecule has 1 N–H and O–H groups in total. The van der Waals surface area contributed by atoms with Crippen LogP contribution in [0.25, 0.3) is 5.57 Å². The summed E-state index contributed by atoms with van der Waals surface area (Å²) in [6, 6.07) is 9.85. The molecule has 2 saturated heterocycles. The summed E-state index contributed by atoms with van der Waals surface area (Å²) in [6.45, 7) is 4.10. The van der Waals surface area contributed by atoms with Crippen LogP contribution in [0.15, 0.2) is 36.4 Å². The minimum absolute atomic E-state index is 0.0230. The van der Waals surface area contributed by atoms with Gasteiger partial charge in [-0.2, -0.15) is 0 Å². The first-order chi connectivity index (χ1) is 11.6. The lowest BCUT2D eigenvalue weighted by Crippen LogP contribution is -2.49. The van der Waals surface area contributed by atoms with Crippen molar-refractivity contribution in [3.63, 3.8) is 0 Å². The summed E-state index contributed by atoms with van der Waals surface area (Å²) in [4.78, 5) is 27.0. The summed E-state index contributed by atoms with van der Waals surface area (Å²) in [6.07, 6.45) is 2.34. The Balaban J connectivity index is 1.78. The summed E-state index contributed by atoms with van der Waals surface area (Å²) in [7, 11) is 1.66. The molecule has 0 spiro atoms. The summed E-state index contributed by atoms with van der Waals surface area (Å²) in [5.41, 5.74) is 1.46. The zero-order valence-corrected chi connectivity index (χ0v) is 14.2. The van der Waals surface area contributed by atoms with Crippen molar-refractivity contribution in [3.8, 4) is 0 Å². The standard InChI is InChI=1S/C19H24N2O3/c1-14(15-6-4-3-5-7-15)10-17(22)21-11-16-12-24-9-8-19(16,13-21)18(23)20-2/h3-7,10,16H,8-9,11-13H2,1-2H3,(H,20,23)/b14-10+/t16-,19+/m1/s1. The van der Waals surface area contributed by atoms with Crippen molar-refractivity contribution in [1.82, 2.24) is 10.2 Å². The Morgan fingerprint density at radius 1 is 1.33 bits per heavy atom. The fourth-order valence-electron chi connectivity index (χ4n) is 3.80. The lowest BCUT2D eigenvalue weighted by Gasteiger charge is -2.36. The van der Waals surface area contributed by atoms with Gasteiger partial charge in [-0.25, -0.2) is 0 Å². The molecule has 2 fully saturated rings. The van der Waals surface area contributed by atoms with Crippen molar-refractivity contribution in [2.75, 3.05) is 33.4 Å². The number of rotatable bonds is 3. The molecule has 0 unspecified atom stereocenters. The molecule has 2 aliphatic rings. The number of hydrogen-bond donors (Lipinski definition) is 1. The van der Waals surface area contributed by atoms with E-state index in [2.05, 4.69) is 5.32 Å². The van der Waals surface area contributed by atoms with Crippen LogP contribution in [0, 0.1) is 11.3 Å².